The molecule has 0 aliphatic heterocycles. The number of esters is 1. The van der Waals surface area contributed by atoms with Crippen molar-refractivity contribution in [1.29, 1.82) is 0 Å². The van der Waals surface area contributed by atoms with Gasteiger partial charge in [0.05, 0.1) is 0 Å². The van der Waals surface area contributed by atoms with Gasteiger partial charge in [0, 0.05) is 12.5 Å². The van der Waals surface area contributed by atoms with Crippen molar-refractivity contribution in [1.82, 2.24) is 0 Å². The van der Waals surface area contributed by atoms with E-state index < -0.39 is 5.97 Å². The molecule has 0 aromatic rings. The van der Waals surface area contributed by atoms with Gasteiger partial charge in [-0.15, -0.1) is 0 Å². The van der Waals surface area contributed by atoms with Gasteiger partial charge >= 0.3 is 11.9 Å². The summed E-state index contributed by atoms with van der Waals surface area (Å²) in [5.74, 6) is -0.210. The Morgan fingerprint density at radius 1 is 1.38 bits per heavy atom. The highest BCUT2D eigenvalue weighted by atomic mass is 16.5. The number of fused-ring (bicyclic) bond motifs is 1. The third kappa shape index (κ3) is 3.74. The highest BCUT2D eigenvalue weighted by molar-refractivity contribution is 5.86. The molecule has 0 radical (unpaired) electrons. The molecule has 2 aliphatic carbocycles. The SMILES string of the molecule is CC(=O)OC/C1=C\CC/C(C(=O)O)=C\[C@@H]2[C@@H](CC1)C2(C)C. The Labute approximate surface area is 125 Å². The Kier molecular flexibility index (Phi) is 4.55. The van der Waals surface area contributed by atoms with Crippen molar-refractivity contribution in [3.05, 3.63) is 23.3 Å². The monoisotopic (exact) mass is 292 g/mol. The van der Waals surface area contributed by atoms with Crippen molar-refractivity contribution in [2.24, 2.45) is 17.3 Å². The molecule has 4 nitrogen and oxygen atoms in total. The molecule has 2 rings (SSSR count). The molecule has 4 heteroatoms. The van der Waals surface area contributed by atoms with Gasteiger partial charge in [-0.25, -0.2) is 4.79 Å². The fourth-order valence-electron chi connectivity index (χ4n) is 3.35. The van der Waals surface area contributed by atoms with Crippen LogP contribution < -0.4 is 0 Å². The van der Waals surface area contributed by atoms with Crippen LogP contribution in [0.2, 0.25) is 0 Å². The molecule has 0 bridgehead atoms. The number of rotatable bonds is 3. The number of hydrogen-bond donors (Lipinski definition) is 1. The Bertz CT molecular complexity index is 499. The topological polar surface area (TPSA) is 63.6 Å². The second-order valence-electron chi connectivity index (χ2n) is 6.67. The lowest BCUT2D eigenvalue weighted by Gasteiger charge is -2.10. The summed E-state index contributed by atoms with van der Waals surface area (Å²) in [4.78, 5) is 22.3. The number of carbonyl (C=O) groups excluding carboxylic acids is 1. The highest BCUT2D eigenvalue weighted by Crippen LogP contribution is 2.61. The van der Waals surface area contributed by atoms with Crippen molar-refractivity contribution < 1.29 is 19.4 Å². The smallest absolute Gasteiger partial charge is 0.331 e. The fourth-order valence-corrected chi connectivity index (χ4v) is 3.35. The molecule has 21 heavy (non-hydrogen) atoms. The maximum absolute atomic E-state index is 11.3. The summed E-state index contributed by atoms with van der Waals surface area (Å²) in [6.45, 7) is 6.14. The summed E-state index contributed by atoms with van der Waals surface area (Å²) >= 11 is 0. The van der Waals surface area contributed by atoms with Gasteiger partial charge in [0.1, 0.15) is 6.61 Å². The van der Waals surface area contributed by atoms with E-state index in [1.54, 1.807) is 0 Å². The van der Waals surface area contributed by atoms with Crippen LogP contribution in [0.15, 0.2) is 23.3 Å². The van der Waals surface area contributed by atoms with E-state index in [2.05, 4.69) is 13.8 Å². The van der Waals surface area contributed by atoms with Crippen molar-refractivity contribution in [3.63, 3.8) is 0 Å². The first kappa shape index (κ1) is 15.8. The summed E-state index contributed by atoms with van der Waals surface area (Å²) in [6.07, 6.45) is 7.18. The number of carbonyl (C=O) groups is 2. The number of hydrogen-bond acceptors (Lipinski definition) is 3. The Hall–Kier alpha value is -1.58. The van der Waals surface area contributed by atoms with E-state index in [4.69, 9.17) is 4.74 Å². The van der Waals surface area contributed by atoms with Crippen LogP contribution in [0.5, 0.6) is 0 Å². The molecule has 0 heterocycles. The first-order chi connectivity index (χ1) is 9.82. The number of allylic oxidation sites excluding steroid dienone is 2. The molecule has 0 aromatic heterocycles. The van der Waals surface area contributed by atoms with Gasteiger partial charge < -0.3 is 9.84 Å². The van der Waals surface area contributed by atoms with E-state index in [0.29, 0.717) is 36.9 Å². The Balaban J connectivity index is 2.12. The van der Waals surface area contributed by atoms with Gasteiger partial charge in [0.25, 0.3) is 0 Å². The normalized spacial score (nSPS) is 32.7. The van der Waals surface area contributed by atoms with E-state index in [1.807, 2.05) is 12.2 Å². The molecular formula is C17H24O4. The van der Waals surface area contributed by atoms with Crippen molar-refractivity contribution in [2.45, 2.75) is 46.5 Å². The van der Waals surface area contributed by atoms with Crippen molar-refractivity contribution in [3.8, 4) is 0 Å². The van der Waals surface area contributed by atoms with Crippen LogP contribution in [-0.2, 0) is 14.3 Å². The number of aliphatic carboxylic acids is 1. The number of carboxylic acid groups (broad SMARTS) is 1. The molecule has 1 fully saturated rings. The quantitative estimate of drug-likeness (QED) is 0.640. The standard InChI is InChI=1S/C17H24O4/c1-11(18)21-10-12-5-4-6-13(16(19)20)9-15-14(8-7-12)17(15,2)3/h5,9,14-15H,4,6-8,10H2,1-3H3,(H,19,20)/b12-5-,13-9+/t14-,15-/m1/s1. The predicted octanol–water partition coefficient (Wildman–Crippen LogP) is 3.33. The summed E-state index contributed by atoms with van der Waals surface area (Å²) in [5, 5.41) is 9.31. The molecule has 0 spiro atoms. The zero-order valence-electron chi connectivity index (χ0n) is 13.0. The first-order valence-electron chi connectivity index (χ1n) is 7.57. The zero-order chi connectivity index (χ0) is 15.6. The summed E-state index contributed by atoms with van der Waals surface area (Å²) in [7, 11) is 0. The molecule has 0 unspecified atom stereocenters. The second kappa shape index (κ2) is 6.04. The minimum atomic E-state index is -0.813. The van der Waals surface area contributed by atoms with Crippen molar-refractivity contribution >= 4 is 11.9 Å². The molecular weight excluding hydrogens is 268 g/mol. The Morgan fingerprint density at radius 2 is 2.10 bits per heavy atom. The van der Waals surface area contributed by atoms with E-state index >= 15 is 0 Å². The van der Waals surface area contributed by atoms with E-state index in [-0.39, 0.29) is 11.4 Å². The highest BCUT2D eigenvalue weighted by Gasteiger charge is 2.55. The van der Waals surface area contributed by atoms with Crippen LogP contribution in [-0.4, -0.2) is 23.7 Å². The molecule has 0 amide bonds. The number of ether oxygens (including phenoxy) is 1. The molecule has 116 valence electrons. The molecule has 1 saturated carbocycles. The predicted molar refractivity (Wildman–Crippen MR) is 79.7 cm³/mol. The lowest BCUT2D eigenvalue weighted by atomic mass is 10.00. The third-order valence-electron chi connectivity index (χ3n) is 4.88. The van der Waals surface area contributed by atoms with Crippen LogP contribution in [0.3, 0.4) is 0 Å². The van der Waals surface area contributed by atoms with E-state index in [0.717, 1.165) is 18.4 Å². The molecule has 2 atom stereocenters. The lowest BCUT2D eigenvalue weighted by Crippen LogP contribution is -2.06. The second-order valence-corrected chi connectivity index (χ2v) is 6.67. The zero-order valence-corrected chi connectivity index (χ0v) is 13.0. The maximum Gasteiger partial charge on any atom is 0.331 e. The largest absolute Gasteiger partial charge is 0.478 e. The van der Waals surface area contributed by atoms with Gasteiger partial charge in [-0.05, 0) is 48.5 Å². The van der Waals surface area contributed by atoms with Crippen molar-refractivity contribution in [2.75, 3.05) is 6.61 Å². The molecule has 0 saturated heterocycles. The maximum atomic E-state index is 11.3. The minimum Gasteiger partial charge on any atom is -0.478 e. The van der Waals surface area contributed by atoms with Gasteiger partial charge in [0.2, 0.25) is 0 Å². The fraction of sp³-hybridized carbons (Fsp3) is 0.647. The molecule has 0 aromatic carbocycles. The van der Waals surface area contributed by atoms with Gasteiger partial charge in [-0.1, -0.05) is 26.0 Å². The Morgan fingerprint density at radius 3 is 2.71 bits per heavy atom. The lowest BCUT2D eigenvalue weighted by molar-refractivity contribution is -0.140. The van der Waals surface area contributed by atoms with Gasteiger partial charge in [-0.2, -0.15) is 0 Å². The average molecular weight is 292 g/mol. The summed E-state index contributed by atoms with van der Waals surface area (Å²) in [6, 6.07) is 0. The third-order valence-corrected chi connectivity index (χ3v) is 4.88. The van der Waals surface area contributed by atoms with E-state index in [9.17, 15) is 14.7 Å². The molecule has 2 aliphatic rings. The molecule has 1 N–H and O–H groups in total. The summed E-state index contributed by atoms with van der Waals surface area (Å²) < 4.78 is 5.09. The average Bonchev–Trinajstić information content (AvgIpc) is 2.92. The van der Waals surface area contributed by atoms with E-state index in [1.165, 1.54) is 6.92 Å². The van der Waals surface area contributed by atoms with Gasteiger partial charge in [-0.3, -0.25) is 4.79 Å². The summed E-state index contributed by atoms with van der Waals surface area (Å²) in [5.41, 5.74) is 1.80. The number of carboxylic acids is 1. The van der Waals surface area contributed by atoms with Gasteiger partial charge in [0.15, 0.2) is 0 Å². The van der Waals surface area contributed by atoms with Crippen LogP contribution >= 0.6 is 0 Å². The van der Waals surface area contributed by atoms with Crippen LogP contribution in [0.4, 0.5) is 0 Å². The van der Waals surface area contributed by atoms with Crippen LogP contribution in [0.1, 0.15) is 46.5 Å². The minimum absolute atomic E-state index is 0.178. The first-order valence-corrected chi connectivity index (χ1v) is 7.57. The van der Waals surface area contributed by atoms with Crippen LogP contribution in [0, 0.1) is 17.3 Å². The van der Waals surface area contributed by atoms with Crippen LogP contribution in [0.25, 0.3) is 0 Å².